The summed E-state index contributed by atoms with van der Waals surface area (Å²) in [5.41, 5.74) is 0.668. The van der Waals surface area contributed by atoms with Gasteiger partial charge >= 0.3 is 0 Å². The van der Waals surface area contributed by atoms with E-state index in [2.05, 4.69) is 5.32 Å². The van der Waals surface area contributed by atoms with Crippen molar-refractivity contribution in [3.63, 3.8) is 0 Å². The Labute approximate surface area is 76.8 Å². The summed E-state index contributed by atoms with van der Waals surface area (Å²) in [5, 5.41) is 2.92. The molecule has 1 aromatic carbocycles. The molecule has 0 saturated carbocycles. The Balaban J connectivity index is 2.90. The molecule has 1 aromatic rings. The van der Waals surface area contributed by atoms with Gasteiger partial charge in [-0.3, -0.25) is 0 Å². The molecule has 72 valence electrons. The molecule has 1 N–H and O–H groups in total. The molecule has 0 radical (unpaired) electrons. The lowest BCUT2D eigenvalue weighted by atomic mass is 10.1. The van der Waals surface area contributed by atoms with Gasteiger partial charge in [0.25, 0.3) is 0 Å². The number of likely N-dealkylation sites (N-methyl/N-ethyl adjacent to an activating group) is 1. The van der Waals surface area contributed by atoms with Crippen LogP contribution in [-0.2, 0) is 6.42 Å². The molecule has 0 fully saturated rings. The molecule has 13 heavy (non-hydrogen) atoms. The Bertz CT molecular complexity index is 297. The smallest absolute Gasteiger partial charge is 0.132 e. The van der Waals surface area contributed by atoms with Crippen molar-refractivity contribution >= 4 is 0 Å². The third-order valence-electron chi connectivity index (χ3n) is 2.04. The van der Waals surface area contributed by atoms with Gasteiger partial charge in [-0.2, -0.15) is 0 Å². The van der Waals surface area contributed by atoms with Crippen LogP contribution in [0, 0.1) is 18.6 Å². The molecule has 0 heterocycles. The second kappa shape index (κ2) is 4.33. The molecule has 3 heteroatoms. The topological polar surface area (TPSA) is 12.0 Å². The van der Waals surface area contributed by atoms with Crippen LogP contribution in [0.25, 0.3) is 0 Å². The highest BCUT2D eigenvalue weighted by molar-refractivity contribution is 5.26. The van der Waals surface area contributed by atoms with Crippen LogP contribution in [0.15, 0.2) is 12.1 Å². The number of benzene rings is 1. The number of nitrogens with one attached hydrogen (secondary N) is 1. The first-order valence-corrected chi connectivity index (χ1v) is 4.25. The van der Waals surface area contributed by atoms with Gasteiger partial charge in [0.1, 0.15) is 11.6 Å². The molecule has 0 aliphatic heterocycles. The van der Waals surface area contributed by atoms with Crippen molar-refractivity contribution in [2.45, 2.75) is 13.3 Å². The predicted molar refractivity (Wildman–Crippen MR) is 48.7 cm³/mol. The highest BCUT2D eigenvalue weighted by Gasteiger charge is 2.08. The normalized spacial score (nSPS) is 10.5. The van der Waals surface area contributed by atoms with E-state index in [0.29, 0.717) is 18.5 Å². The molecule has 0 saturated heterocycles. The summed E-state index contributed by atoms with van der Waals surface area (Å²) in [6.07, 6.45) is 0.587. The minimum Gasteiger partial charge on any atom is -0.319 e. The van der Waals surface area contributed by atoms with Crippen LogP contribution in [0.1, 0.15) is 11.1 Å². The molecule has 1 nitrogen and oxygen atoms in total. The van der Waals surface area contributed by atoms with Crippen molar-refractivity contribution in [1.29, 1.82) is 0 Å². The Morgan fingerprint density at radius 3 is 2.62 bits per heavy atom. The molecule has 0 aromatic heterocycles. The molecular formula is C10H13F2N. The summed E-state index contributed by atoms with van der Waals surface area (Å²) in [4.78, 5) is 0. The molecule has 0 amide bonds. The first-order valence-electron chi connectivity index (χ1n) is 4.25. The van der Waals surface area contributed by atoms with Crippen molar-refractivity contribution < 1.29 is 8.78 Å². The van der Waals surface area contributed by atoms with E-state index in [1.807, 2.05) is 0 Å². The second-order valence-electron chi connectivity index (χ2n) is 3.00. The fraction of sp³-hybridized carbons (Fsp3) is 0.400. The zero-order valence-electron chi connectivity index (χ0n) is 7.82. The zero-order chi connectivity index (χ0) is 9.84. The van der Waals surface area contributed by atoms with Gasteiger partial charge in [0.2, 0.25) is 0 Å². The summed E-state index contributed by atoms with van der Waals surface area (Å²) < 4.78 is 26.1. The minimum absolute atomic E-state index is 0.105. The maximum atomic E-state index is 13.3. The lowest BCUT2D eigenvalue weighted by Gasteiger charge is -2.05. The monoisotopic (exact) mass is 185 g/mol. The van der Waals surface area contributed by atoms with E-state index < -0.39 is 11.6 Å². The number of rotatable bonds is 3. The highest BCUT2D eigenvalue weighted by atomic mass is 19.1. The molecular weight excluding hydrogens is 172 g/mol. The van der Waals surface area contributed by atoms with Crippen molar-refractivity contribution in [3.8, 4) is 0 Å². The lowest BCUT2D eigenvalue weighted by molar-refractivity contribution is 0.555. The van der Waals surface area contributed by atoms with Gasteiger partial charge in [-0.1, -0.05) is 6.07 Å². The highest BCUT2D eigenvalue weighted by Crippen LogP contribution is 2.15. The lowest BCUT2D eigenvalue weighted by Crippen LogP contribution is -2.11. The van der Waals surface area contributed by atoms with Gasteiger partial charge in [-0.05, 0) is 38.6 Å². The van der Waals surface area contributed by atoms with Crippen LogP contribution in [0.5, 0.6) is 0 Å². The van der Waals surface area contributed by atoms with E-state index in [1.165, 1.54) is 19.1 Å². The van der Waals surface area contributed by atoms with Gasteiger partial charge in [0, 0.05) is 5.56 Å². The quantitative estimate of drug-likeness (QED) is 0.759. The fourth-order valence-electron chi connectivity index (χ4n) is 1.17. The van der Waals surface area contributed by atoms with Gasteiger partial charge in [0.05, 0.1) is 0 Å². The third kappa shape index (κ3) is 2.25. The van der Waals surface area contributed by atoms with E-state index in [4.69, 9.17) is 0 Å². The van der Waals surface area contributed by atoms with E-state index in [0.717, 1.165) is 0 Å². The van der Waals surface area contributed by atoms with Crippen LogP contribution in [-0.4, -0.2) is 13.6 Å². The SMILES string of the molecule is CNCCc1ccc(F)c(C)c1F. The van der Waals surface area contributed by atoms with Crippen LogP contribution >= 0.6 is 0 Å². The number of hydrogen-bond acceptors (Lipinski definition) is 1. The summed E-state index contributed by atoms with van der Waals surface area (Å²) in [6.45, 7) is 2.15. The van der Waals surface area contributed by atoms with Gasteiger partial charge < -0.3 is 5.32 Å². The van der Waals surface area contributed by atoms with E-state index >= 15 is 0 Å². The van der Waals surface area contributed by atoms with Crippen LogP contribution in [0.2, 0.25) is 0 Å². The average molecular weight is 185 g/mol. The molecule has 0 spiro atoms. The van der Waals surface area contributed by atoms with Crippen LogP contribution < -0.4 is 5.32 Å². The fourth-order valence-corrected chi connectivity index (χ4v) is 1.17. The Kier molecular flexibility index (Phi) is 3.37. The number of halogens is 2. The molecule has 0 aliphatic carbocycles. The average Bonchev–Trinajstić information content (AvgIpc) is 2.13. The first kappa shape index (κ1) is 10.1. The summed E-state index contributed by atoms with van der Waals surface area (Å²) >= 11 is 0. The molecule has 0 aliphatic rings. The standard InChI is InChI=1S/C10H13F2N/c1-7-9(11)4-3-8(10(7)12)5-6-13-2/h3-4,13H,5-6H2,1-2H3. The second-order valence-corrected chi connectivity index (χ2v) is 3.00. The minimum atomic E-state index is -0.481. The zero-order valence-corrected chi connectivity index (χ0v) is 7.82. The summed E-state index contributed by atoms with van der Waals surface area (Å²) in [5.74, 6) is -0.902. The maximum Gasteiger partial charge on any atom is 0.132 e. The molecule has 0 unspecified atom stereocenters. The van der Waals surface area contributed by atoms with Crippen LogP contribution in [0.4, 0.5) is 8.78 Å². The van der Waals surface area contributed by atoms with Gasteiger partial charge in [-0.15, -0.1) is 0 Å². The Morgan fingerprint density at radius 1 is 1.31 bits per heavy atom. The van der Waals surface area contributed by atoms with Crippen molar-refractivity contribution in [2.75, 3.05) is 13.6 Å². The van der Waals surface area contributed by atoms with Crippen LogP contribution in [0.3, 0.4) is 0 Å². The van der Waals surface area contributed by atoms with Crippen molar-refractivity contribution in [2.24, 2.45) is 0 Å². The molecule has 0 atom stereocenters. The summed E-state index contributed by atoms with van der Waals surface area (Å²) in [7, 11) is 1.80. The third-order valence-corrected chi connectivity index (χ3v) is 2.04. The van der Waals surface area contributed by atoms with Crippen molar-refractivity contribution in [1.82, 2.24) is 5.32 Å². The predicted octanol–water partition coefficient (Wildman–Crippen LogP) is 2.04. The maximum absolute atomic E-state index is 13.3. The Morgan fingerprint density at radius 2 is 2.00 bits per heavy atom. The van der Waals surface area contributed by atoms with Crippen molar-refractivity contribution in [3.05, 3.63) is 34.9 Å². The number of hydrogen-bond donors (Lipinski definition) is 1. The summed E-state index contributed by atoms with van der Waals surface area (Å²) in [6, 6.07) is 2.80. The molecule has 1 rings (SSSR count). The van der Waals surface area contributed by atoms with Gasteiger partial charge in [0.15, 0.2) is 0 Å². The largest absolute Gasteiger partial charge is 0.319 e. The Hall–Kier alpha value is -0.960. The van der Waals surface area contributed by atoms with E-state index in [1.54, 1.807) is 7.05 Å². The first-order chi connectivity index (χ1) is 6.16. The van der Waals surface area contributed by atoms with E-state index in [9.17, 15) is 8.78 Å². The van der Waals surface area contributed by atoms with Gasteiger partial charge in [-0.25, -0.2) is 8.78 Å². The van der Waals surface area contributed by atoms with E-state index in [-0.39, 0.29) is 5.56 Å². The molecule has 0 bridgehead atoms.